The number of rotatable bonds is 6. The Labute approximate surface area is 118 Å². The van der Waals surface area contributed by atoms with Gasteiger partial charge in [-0.05, 0) is 44.2 Å². The predicted molar refractivity (Wildman–Crippen MR) is 75.6 cm³/mol. The van der Waals surface area contributed by atoms with E-state index < -0.39 is 5.97 Å². The number of aromatic carboxylic acids is 1. The minimum absolute atomic E-state index is 0.0493. The molecule has 20 heavy (non-hydrogen) atoms. The van der Waals surface area contributed by atoms with E-state index in [2.05, 4.69) is 11.4 Å². The van der Waals surface area contributed by atoms with Crippen molar-refractivity contribution >= 4 is 11.9 Å². The molecule has 0 spiro atoms. The maximum atomic E-state index is 11.8. The highest BCUT2D eigenvalue weighted by Gasteiger charge is 2.11. The van der Waals surface area contributed by atoms with Crippen molar-refractivity contribution in [2.45, 2.75) is 38.6 Å². The zero-order valence-electron chi connectivity index (χ0n) is 11.5. The van der Waals surface area contributed by atoms with E-state index >= 15 is 0 Å². The van der Waals surface area contributed by atoms with Crippen molar-refractivity contribution in [2.24, 2.45) is 0 Å². The quantitative estimate of drug-likeness (QED) is 0.782. The number of aromatic nitrogens is 1. The molecule has 0 atom stereocenters. The zero-order valence-corrected chi connectivity index (χ0v) is 11.5. The van der Waals surface area contributed by atoms with Crippen LogP contribution in [0.2, 0.25) is 0 Å². The third-order valence-electron chi connectivity index (χ3n) is 3.52. The Hall–Kier alpha value is -2.04. The molecule has 1 amide bonds. The number of allylic oxidation sites excluding steroid dienone is 1. The molecule has 0 aromatic carbocycles. The molecule has 1 aliphatic rings. The first-order chi connectivity index (χ1) is 9.66. The first-order valence-electron chi connectivity index (χ1n) is 7.00. The molecule has 2 rings (SSSR count). The monoisotopic (exact) mass is 276 g/mol. The van der Waals surface area contributed by atoms with Gasteiger partial charge in [-0.1, -0.05) is 11.6 Å². The molecular weight excluding hydrogens is 256 g/mol. The first-order valence-corrected chi connectivity index (χ1v) is 7.00. The van der Waals surface area contributed by atoms with Gasteiger partial charge in [0.1, 0.15) is 12.2 Å². The van der Waals surface area contributed by atoms with Gasteiger partial charge < -0.3 is 15.0 Å². The molecular formula is C15H20N2O3. The van der Waals surface area contributed by atoms with E-state index in [1.165, 1.54) is 29.0 Å². The van der Waals surface area contributed by atoms with Crippen LogP contribution >= 0.6 is 0 Å². The van der Waals surface area contributed by atoms with Crippen molar-refractivity contribution in [2.75, 3.05) is 6.54 Å². The average molecular weight is 276 g/mol. The topological polar surface area (TPSA) is 71.3 Å². The molecule has 1 aromatic heterocycles. The Morgan fingerprint density at radius 1 is 1.35 bits per heavy atom. The maximum absolute atomic E-state index is 11.8. The molecule has 0 radical (unpaired) electrons. The number of hydrogen-bond acceptors (Lipinski definition) is 2. The Kier molecular flexibility index (Phi) is 4.98. The molecule has 5 nitrogen and oxygen atoms in total. The van der Waals surface area contributed by atoms with Crippen LogP contribution < -0.4 is 5.32 Å². The summed E-state index contributed by atoms with van der Waals surface area (Å²) in [6.45, 7) is 0.669. The number of amides is 1. The van der Waals surface area contributed by atoms with Gasteiger partial charge in [-0.25, -0.2) is 4.79 Å². The van der Waals surface area contributed by atoms with Gasteiger partial charge in [0.25, 0.3) is 0 Å². The number of hydrogen-bond donors (Lipinski definition) is 2. The summed E-state index contributed by atoms with van der Waals surface area (Å²) in [5.74, 6) is -1.17. The van der Waals surface area contributed by atoms with E-state index in [9.17, 15) is 9.59 Å². The van der Waals surface area contributed by atoms with Crippen LogP contribution in [0.3, 0.4) is 0 Å². The summed E-state index contributed by atoms with van der Waals surface area (Å²) < 4.78 is 1.44. The van der Waals surface area contributed by atoms with E-state index in [0.29, 0.717) is 6.54 Å². The Balaban J connectivity index is 1.76. The molecule has 0 bridgehead atoms. The third kappa shape index (κ3) is 3.98. The van der Waals surface area contributed by atoms with Crippen LogP contribution in [0.4, 0.5) is 0 Å². The third-order valence-corrected chi connectivity index (χ3v) is 3.52. The van der Waals surface area contributed by atoms with Crippen LogP contribution in [-0.2, 0) is 11.3 Å². The number of carboxylic acids is 1. The van der Waals surface area contributed by atoms with E-state index in [4.69, 9.17) is 5.11 Å². The van der Waals surface area contributed by atoms with Gasteiger partial charge in [-0.3, -0.25) is 4.79 Å². The highest BCUT2D eigenvalue weighted by Crippen LogP contribution is 2.19. The van der Waals surface area contributed by atoms with Crippen molar-refractivity contribution in [1.29, 1.82) is 0 Å². The van der Waals surface area contributed by atoms with Gasteiger partial charge >= 0.3 is 5.97 Å². The lowest BCUT2D eigenvalue weighted by Crippen LogP contribution is -2.29. The SMILES string of the molecule is O=C(Cn1cccc1C(=O)O)NCCC1=CCCCC1. The highest BCUT2D eigenvalue weighted by molar-refractivity contribution is 5.86. The Bertz CT molecular complexity index is 517. The molecule has 0 aliphatic heterocycles. The van der Waals surface area contributed by atoms with Crippen molar-refractivity contribution in [1.82, 2.24) is 9.88 Å². The second-order valence-electron chi connectivity index (χ2n) is 5.03. The summed E-state index contributed by atoms with van der Waals surface area (Å²) in [4.78, 5) is 22.7. The van der Waals surface area contributed by atoms with Crippen molar-refractivity contribution < 1.29 is 14.7 Å². The first kappa shape index (κ1) is 14.4. The molecule has 1 aromatic rings. The van der Waals surface area contributed by atoms with E-state index in [0.717, 1.165) is 19.3 Å². The number of carbonyl (C=O) groups excluding carboxylic acids is 1. The average Bonchev–Trinajstić information content (AvgIpc) is 2.88. The van der Waals surface area contributed by atoms with Gasteiger partial charge in [0.15, 0.2) is 0 Å². The number of carboxylic acid groups (broad SMARTS) is 1. The highest BCUT2D eigenvalue weighted by atomic mass is 16.4. The smallest absolute Gasteiger partial charge is 0.352 e. The molecule has 108 valence electrons. The number of nitrogens with one attached hydrogen (secondary N) is 1. The second kappa shape index (κ2) is 6.93. The normalized spacial score (nSPS) is 14.7. The Morgan fingerprint density at radius 3 is 2.90 bits per heavy atom. The van der Waals surface area contributed by atoms with Crippen LogP contribution in [0.1, 0.15) is 42.6 Å². The van der Waals surface area contributed by atoms with E-state index in [1.807, 2.05) is 0 Å². The summed E-state index contributed by atoms with van der Waals surface area (Å²) in [6, 6.07) is 3.12. The lowest BCUT2D eigenvalue weighted by molar-refractivity contribution is -0.121. The van der Waals surface area contributed by atoms with E-state index in [1.54, 1.807) is 12.3 Å². The summed E-state index contributed by atoms with van der Waals surface area (Å²) in [6.07, 6.45) is 9.55. The minimum atomic E-state index is -1.02. The van der Waals surface area contributed by atoms with Gasteiger partial charge in [0.2, 0.25) is 5.91 Å². The largest absolute Gasteiger partial charge is 0.477 e. The number of carbonyl (C=O) groups is 2. The van der Waals surface area contributed by atoms with Crippen molar-refractivity contribution in [3.63, 3.8) is 0 Å². The molecule has 0 unspecified atom stereocenters. The molecule has 1 aliphatic carbocycles. The predicted octanol–water partition coefficient (Wildman–Crippen LogP) is 2.19. The summed E-state index contributed by atoms with van der Waals surface area (Å²) in [5, 5.41) is 11.8. The number of nitrogens with zero attached hydrogens (tertiary/aromatic N) is 1. The summed E-state index contributed by atoms with van der Waals surface area (Å²) >= 11 is 0. The summed E-state index contributed by atoms with van der Waals surface area (Å²) in [7, 11) is 0. The summed E-state index contributed by atoms with van der Waals surface area (Å²) in [5.41, 5.74) is 1.55. The van der Waals surface area contributed by atoms with Gasteiger partial charge in [-0.2, -0.15) is 0 Å². The lowest BCUT2D eigenvalue weighted by Gasteiger charge is -2.13. The van der Waals surface area contributed by atoms with Crippen LogP contribution in [0.15, 0.2) is 30.0 Å². The standard InChI is InChI=1S/C15H20N2O3/c18-14(11-17-10-4-7-13(17)15(19)20)16-9-8-12-5-2-1-3-6-12/h4-5,7,10H,1-3,6,8-9,11H2,(H,16,18)(H,19,20). The molecule has 1 heterocycles. The van der Waals surface area contributed by atoms with Gasteiger partial charge in [0, 0.05) is 12.7 Å². The molecule has 5 heteroatoms. The Morgan fingerprint density at radius 2 is 2.20 bits per heavy atom. The fourth-order valence-electron chi connectivity index (χ4n) is 2.45. The molecule has 2 N–H and O–H groups in total. The fourth-order valence-corrected chi connectivity index (χ4v) is 2.45. The van der Waals surface area contributed by atoms with Gasteiger partial charge in [0.05, 0.1) is 0 Å². The maximum Gasteiger partial charge on any atom is 0.352 e. The minimum Gasteiger partial charge on any atom is -0.477 e. The van der Waals surface area contributed by atoms with Crippen LogP contribution in [-0.4, -0.2) is 28.1 Å². The lowest BCUT2D eigenvalue weighted by atomic mass is 9.97. The molecule has 0 fully saturated rings. The fraction of sp³-hybridized carbons (Fsp3) is 0.467. The zero-order chi connectivity index (χ0) is 14.4. The van der Waals surface area contributed by atoms with Crippen LogP contribution in [0, 0.1) is 0 Å². The van der Waals surface area contributed by atoms with Crippen molar-refractivity contribution in [3.05, 3.63) is 35.7 Å². The van der Waals surface area contributed by atoms with Crippen LogP contribution in [0.25, 0.3) is 0 Å². The molecule has 0 saturated carbocycles. The molecule has 0 saturated heterocycles. The van der Waals surface area contributed by atoms with Crippen LogP contribution in [0.5, 0.6) is 0 Å². The van der Waals surface area contributed by atoms with Crippen molar-refractivity contribution in [3.8, 4) is 0 Å². The van der Waals surface area contributed by atoms with Gasteiger partial charge in [-0.15, -0.1) is 0 Å². The second-order valence-corrected chi connectivity index (χ2v) is 5.03. The van der Waals surface area contributed by atoms with E-state index in [-0.39, 0.29) is 18.1 Å².